The van der Waals surface area contributed by atoms with Crippen LogP contribution in [0.3, 0.4) is 0 Å². The molecule has 28 heavy (non-hydrogen) atoms. The first-order valence-electron chi connectivity index (χ1n) is 9.56. The molecule has 144 valence electrons. The van der Waals surface area contributed by atoms with Gasteiger partial charge in [-0.2, -0.15) is 0 Å². The Hall–Kier alpha value is -2.30. The van der Waals surface area contributed by atoms with Gasteiger partial charge in [0.05, 0.1) is 12.6 Å². The van der Waals surface area contributed by atoms with Gasteiger partial charge in [-0.25, -0.2) is 4.79 Å². The highest BCUT2D eigenvalue weighted by molar-refractivity contribution is 7.10. The van der Waals surface area contributed by atoms with Crippen molar-refractivity contribution in [2.45, 2.75) is 38.8 Å². The van der Waals surface area contributed by atoms with E-state index in [-0.39, 0.29) is 12.1 Å². The first kappa shape index (κ1) is 19.0. The number of hydrogen-bond acceptors (Lipinski definition) is 2. The van der Waals surface area contributed by atoms with Crippen LogP contribution in [-0.4, -0.2) is 10.9 Å². The lowest BCUT2D eigenvalue weighted by Gasteiger charge is -2.36. The molecule has 0 saturated carbocycles. The lowest BCUT2D eigenvalue weighted by atomic mass is 9.87. The van der Waals surface area contributed by atoms with Gasteiger partial charge in [0.1, 0.15) is 0 Å². The van der Waals surface area contributed by atoms with Crippen LogP contribution in [0.4, 0.5) is 10.5 Å². The van der Waals surface area contributed by atoms with E-state index in [0.717, 1.165) is 24.9 Å². The molecule has 0 radical (unpaired) electrons. The third kappa shape index (κ3) is 4.08. The maximum absolute atomic E-state index is 13.3. The van der Waals surface area contributed by atoms with E-state index in [2.05, 4.69) is 48.0 Å². The molecule has 2 aromatic carbocycles. The first-order valence-corrected chi connectivity index (χ1v) is 10.8. The predicted octanol–water partition coefficient (Wildman–Crippen LogP) is 6.82. The van der Waals surface area contributed by atoms with Gasteiger partial charge in [0.15, 0.2) is 0 Å². The fourth-order valence-corrected chi connectivity index (χ4v) is 4.95. The Kier molecular flexibility index (Phi) is 5.69. The number of thiophene rings is 1. The fraction of sp³-hybridized carbons (Fsp3) is 0.261. The highest BCUT2D eigenvalue weighted by Gasteiger charge is 2.30. The number of anilines is 1. The van der Waals surface area contributed by atoms with E-state index < -0.39 is 0 Å². The van der Waals surface area contributed by atoms with Crippen LogP contribution >= 0.6 is 22.9 Å². The number of fused-ring (bicyclic) bond motifs is 1. The zero-order valence-electron chi connectivity index (χ0n) is 15.8. The van der Waals surface area contributed by atoms with Crippen LogP contribution < -0.4 is 5.32 Å². The Morgan fingerprint density at radius 2 is 2.07 bits per heavy atom. The highest BCUT2D eigenvalue weighted by Crippen LogP contribution is 2.36. The van der Waals surface area contributed by atoms with Crippen molar-refractivity contribution < 1.29 is 4.79 Å². The van der Waals surface area contributed by atoms with E-state index in [9.17, 15) is 4.79 Å². The number of nitrogens with one attached hydrogen (secondary N) is 1. The third-order valence-electron chi connectivity index (χ3n) is 5.33. The minimum Gasteiger partial charge on any atom is -0.312 e. The highest BCUT2D eigenvalue weighted by atomic mass is 35.5. The topological polar surface area (TPSA) is 32.3 Å². The Balaban J connectivity index is 1.66. The summed E-state index contributed by atoms with van der Waals surface area (Å²) in [5, 5.41) is 5.75. The van der Waals surface area contributed by atoms with Crippen molar-refractivity contribution in [3.63, 3.8) is 0 Å². The van der Waals surface area contributed by atoms with E-state index in [4.69, 9.17) is 11.6 Å². The zero-order valence-corrected chi connectivity index (χ0v) is 17.4. The minimum atomic E-state index is -0.0863. The van der Waals surface area contributed by atoms with Crippen LogP contribution in [0.1, 0.15) is 40.5 Å². The van der Waals surface area contributed by atoms with Crippen molar-refractivity contribution >= 4 is 34.7 Å². The van der Waals surface area contributed by atoms with Crippen LogP contribution in [0.15, 0.2) is 60.0 Å². The summed E-state index contributed by atoms with van der Waals surface area (Å²) in [6, 6.07) is 17.9. The molecule has 3 nitrogen and oxygen atoms in total. The van der Waals surface area contributed by atoms with Crippen LogP contribution in [0.5, 0.6) is 0 Å². The fourth-order valence-electron chi connectivity index (χ4n) is 3.86. The average molecular weight is 411 g/mol. The molecule has 1 N–H and O–H groups in total. The standard InChI is InChI=1S/C23H23ClN2OS/c1-16-12-13-28-22(16)15-26(23(27)25-19-9-5-8-18(24)14-19)21-11-4-7-17-6-2-3-10-20(17)21/h2-3,5-6,8-10,12-14,21H,4,7,11,15H2,1H3,(H,25,27). The third-order valence-corrected chi connectivity index (χ3v) is 6.58. The molecule has 0 saturated heterocycles. The number of urea groups is 1. The van der Waals surface area contributed by atoms with Crippen molar-refractivity contribution in [3.05, 3.63) is 86.6 Å². The summed E-state index contributed by atoms with van der Waals surface area (Å²) < 4.78 is 0. The number of carbonyl (C=O) groups is 1. The lowest BCUT2D eigenvalue weighted by molar-refractivity contribution is 0.176. The summed E-state index contributed by atoms with van der Waals surface area (Å²) in [6.45, 7) is 2.71. The average Bonchev–Trinajstić information content (AvgIpc) is 3.10. The van der Waals surface area contributed by atoms with Crippen LogP contribution in [0, 0.1) is 6.92 Å². The number of nitrogens with zero attached hydrogens (tertiary/aromatic N) is 1. The number of amides is 2. The molecular formula is C23H23ClN2OS. The molecule has 1 aliphatic rings. The predicted molar refractivity (Wildman–Crippen MR) is 117 cm³/mol. The number of aryl methyl sites for hydroxylation is 2. The van der Waals surface area contributed by atoms with Gasteiger partial charge in [-0.1, -0.05) is 41.9 Å². The second-order valence-corrected chi connectivity index (χ2v) is 8.64. The summed E-state index contributed by atoms with van der Waals surface area (Å²) in [5.41, 5.74) is 4.57. The summed E-state index contributed by atoms with van der Waals surface area (Å²) >= 11 is 7.80. The quantitative estimate of drug-likeness (QED) is 0.502. The first-order chi connectivity index (χ1) is 13.6. The molecule has 0 fully saturated rings. The maximum Gasteiger partial charge on any atom is 0.322 e. The van der Waals surface area contributed by atoms with E-state index >= 15 is 0 Å². The van der Waals surface area contributed by atoms with Crippen molar-refractivity contribution in [1.29, 1.82) is 0 Å². The minimum absolute atomic E-state index is 0.0747. The zero-order chi connectivity index (χ0) is 19.5. The maximum atomic E-state index is 13.3. The Labute approximate surface area is 175 Å². The molecule has 4 rings (SSSR count). The molecule has 0 spiro atoms. The Morgan fingerprint density at radius 3 is 2.86 bits per heavy atom. The molecule has 0 aliphatic heterocycles. The smallest absolute Gasteiger partial charge is 0.312 e. The molecule has 0 bridgehead atoms. The normalized spacial score (nSPS) is 15.7. The summed E-state index contributed by atoms with van der Waals surface area (Å²) in [5.74, 6) is 0. The van der Waals surface area contributed by atoms with E-state index in [1.807, 2.05) is 17.0 Å². The van der Waals surface area contributed by atoms with Gasteiger partial charge in [-0.3, -0.25) is 0 Å². The van der Waals surface area contributed by atoms with Gasteiger partial charge in [-0.15, -0.1) is 11.3 Å². The van der Waals surface area contributed by atoms with Crippen molar-refractivity contribution in [1.82, 2.24) is 4.90 Å². The second kappa shape index (κ2) is 8.38. The molecule has 3 aromatic rings. The Morgan fingerprint density at radius 1 is 1.21 bits per heavy atom. The largest absolute Gasteiger partial charge is 0.322 e. The number of carbonyl (C=O) groups excluding carboxylic acids is 1. The van der Waals surface area contributed by atoms with E-state index in [0.29, 0.717) is 11.6 Å². The lowest BCUT2D eigenvalue weighted by Crippen LogP contribution is -2.39. The van der Waals surface area contributed by atoms with Gasteiger partial charge in [0, 0.05) is 15.6 Å². The second-order valence-electron chi connectivity index (χ2n) is 7.20. The molecule has 1 atom stereocenters. The molecular weight excluding hydrogens is 388 g/mol. The number of benzene rings is 2. The molecule has 2 amide bonds. The summed E-state index contributed by atoms with van der Waals surface area (Å²) in [7, 11) is 0. The molecule has 1 aromatic heterocycles. The van der Waals surface area contributed by atoms with Crippen LogP contribution in [0.2, 0.25) is 5.02 Å². The van der Waals surface area contributed by atoms with Crippen LogP contribution in [0.25, 0.3) is 0 Å². The van der Waals surface area contributed by atoms with Gasteiger partial charge in [0.25, 0.3) is 0 Å². The SMILES string of the molecule is Cc1ccsc1CN(C(=O)Nc1cccc(Cl)c1)C1CCCc2ccccc21. The molecule has 1 unspecified atom stereocenters. The molecule has 5 heteroatoms. The number of rotatable bonds is 4. The summed E-state index contributed by atoms with van der Waals surface area (Å²) in [6.07, 6.45) is 3.14. The van der Waals surface area contributed by atoms with Gasteiger partial charge in [-0.05, 0) is 72.5 Å². The molecule has 1 aliphatic carbocycles. The van der Waals surface area contributed by atoms with E-state index in [1.165, 1.54) is 21.6 Å². The Bertz CT molecular complexity index is 984. The summed E-state index contributed by atoms with van der Waals surface area (Å²) in [4.78, 5) is 16.6. The van der Waals surface area contributed by atoms with Crippen molar-refractivity contribution in [2.24, 2.45) is 0 Å². The number of hydrogen-bond donors (Lipinski definition) is 1. The van der Waals surface area contributed by atoms with Gasteiger partial charge >= 0.3 is 6.03 Å². The van der Waals surface area contributed by atoms with Crippen molar-refractivity contribution in [2.75, 3.05) is 5.32 Å². The van der Waals surface area contributed by atoms with Gasteiger partial charge in [0.2, 0.25) is 0 Å². The van der Waals surface area contributed by atoms with E-state index in [1.54, 1.807) is 23.5 Å². The monoisotopic (exact) mass is 410 g/mol. The van der Waals surface area contributed by atoms with Crippen LogP contribution in [-0.2, 0) is 13.0 Å². The number of halogens is 1. The van der Waals surface area contributed by atoms with Crippen molar-refractivity contribution in [3.8, 4) is 0 Å². The molecule has 1 heterocycles. The van der Waals surface area contributed by atoms with Gasteiger partial charge < -0.3 is 10.2 Å².